The first-order chi connectivity index (χ1) is 7.08. The van der Waals surface area contributed by atoms with Gasteiger partial charge >= 0.3 is 0 Å². The quantitative estimate of drug-likeness (QED) is 0.825. The van der Waals surface area contributed by atoms with E-state index in [2.05, 4.69) is 35.1 Å². The van der Waals surface area contributed by atoms with Gasteiger partial charge in [-0.05, 0) is 53.9 Å². The molecule has 0 spiro atoms. The molecule has 0 aliphatic carbocycles. The molecule has 82 valence electrons. The van der Waals surface area contributed by atoms with Gasteiger partial charge in [-0.1, -0.05) is 6.07 Å². The molecule has 0 saturated carbocycles. The van der Waals surface area contributed by atoms with E-state index < -0.39 is 0 Å². The molecule has 0 amide bonds. The van der Waals surface area contributed by atoms with Crippen LogP contribution in [0.2, 0.25) is 0 Å². The van der Waals surface area contributed by atoms with E-state index >= 15 is 0 Å². The maximum Gasteiger partial charge on any atom is 0.137 e. The maximum atomic E-state index is 13.4. The fourth-order valence-corrected chi connectivity index (χ4v) is 2.63. The summed E-state index contributed by atoms with van der Waals surface area (Å²) in [6.07, 6.45) is 1.09. The van der Waals surface area contributed by atoms with E-state index in [9.17, 15) is 4.39 Å². The van der Waals surface area contributed by atoms with Gasteiger partial charge in [0.25, 0.3) is 0 Å². The van der Waals surface area contributed by atoms with Gasteiger partial charge in [-0.15, -0.1) is 0 Å². The fourth-order valence-electron chi connectivity index (χ4n) is 2.39. The van der Waals surface area contributed by atoms with Crippen LogP contribution in [0.1, 0.15) is 31.7 Å². The Labute approximate surface area is 98.2 Å². The monoisotopic (exact) mass is 271 g/mol. The van der Waals surface area contributed by atoms with Crippen LogP contribution in [0, 0.1) is 5.82 Å². The van der Waals surface area contributed by atoms with Crippen molar-refractivity contribution in [1.82, 2.24) is 5.32 Å². The molecule has 3 unspecified atom stereocenters. The molecule has 1 aliphatic rings. The van der Waals surface area contributed by atoms with Crippen molar-refractivity contribution in [3.8, 4) is 0 Å². The lowest BCUT2D eigenvalue weighted by Crippen LogP contribution is -2.26. The van der Waals surface area contributed by atoms with E-state index in [0.717, 1.165) is 12.0 Å². The molecule has 3 heteroatoms. The van der Waals surface area contributed by atoms with Gasteiger partial charge in [0, 0.05) is 18.0 Å². The van der Waals surface area contributed by atoms with E-state index in [-0.39, 0.29) is 5.82 Å². The number of hydrogen-bond acceptors (Lipinski definition) is 1. The molecule has 1 nitrogen and oxygen atoms in total. The van der Waals surface area contributed by atoms with Crippen LogP contribution in [0.15, 0.2) is 22.7 Å². The average Bonchev–Trinajstić information content (AvgIpc) is 2.50. The Kier molecular flexibility index (Phi) is 3.12. The van der Waals surface area contributed by atoms with Gasteiger partial charge in [-0.3, -0.25) is 0 Å². The first-order valence-corrected chi connectivity index (χ1v) is 6.08. The molecule has 0 radical (unpaired) electrons. The molecule has 1 fully saturated rings. The van der Waals surface area contributed by atoms with Crippen molar-refractivity contribution in [3.63, 3.8) is 0 Å². The molecule has 3 atom stereocenters. The predicted octanol–water partition coefficient (Wildman–Crippen LogP) is 3.44. The topological polar surface area (TPSA) is 12.0 Å². The van der Waals surface area contributed by atoms with E-state index in [1.807, 2.05) is 6.07 Å². The number of hydrogen-bond donors (Lipinski definition) is 1. The van der Waals surface area contributed by atoms with Gasteiger partial charge in [0.05, 0.1) is 4.47 Å². The molecule has 0 aromatic heterocycles. The Bertz CT molecular complexity index is 367. The summed E-state index contributed by atoms with van der Waals surface area (Å²) in [5.41, 5.74) is 1.10. The summed E-state index contributed by atoms with van der Waals surface area (Å²) in [4.78, 5) is 0. The van der Waals surface area contributed by atoms with E-state index in [1.165, 1.54) is 0 Å². The van der Waals surface area contributed by atoms with E-state index in [4.69, 9.17) is 0 Å². The summed E-state index contributed by atoms with van der Waals surface area (Å²) in [7, 11) is 0. The molecule has 15 heavy (non-hydrogen) atoms. The van der Waals surface area contributed by atoms with Crippen LogP contribution in [0.3, 0.4) is 0 Å². The van der Waals surface area contributed by atoms with Crippen LogP contribution in [-0.4, -0.2) is 12.1 Å². The second kappa shape index (κ2) is 4.22. The zero-order valence-corrected chi connectivity index (χ0v) is 10.5. The highest BCUT2D eigenvalue weighted by molar-refractivity contribution is 9.10. The minimum atomic E-state index is -0.167. The van der Waals surface area contributed by atoms with Crippen LogP contribution in [0.4, 0.5) is 4.39 Å². The third kappa shape index (κ3) is 2.23. The van der Waals surface area contributed by atoms with Gasteiger partial charge < -0.3 is 5.32 Å². The van der Waals surface area contributed by atoms with Crippen LogP contribution in [0.5, 0.6) is 0 Å². The molecule has 1 aliphatic heterocycles. The second-order valence-electron chi connectivity index (χ2n) is 4.37. The Morgan fingerprint density at radius 1 is 1.40 bits per heavy atom. The molecule has 1 heterocycles. The lowest BCUT2D eigenvalue weighted by molar-refractivity contribution is 0.569. The molecule has 1 aromatic carbocycles. The normalized spacial score (nSPS) is 30.8. The third-order valence-electron chi connectivity index (χ3n) is 3.13. The van der Waals surface area contributed by atoms with Crippen molar-refractivity contribution in [2.45, 2.75) is 38.3 Å². The number of benzene rings is 1. The van der Waals surface area contributed by atoms with Crippen LogP contribution in [0.25, 0.3) is 0 Å². The van der Waals surface area contributed by atoms with Gasteiger partial charge in [0.2, 0.25) is 0 Å². The van der Waals surface area contributed by atoms with E-state index in [1.54, 1.807) is 12.1 Å². The molecule has 1 saturated heterocycles. The van der Waals surface area contributed by atoms with Crippen molar-refractivity contribution in [1.29, 1.82) is 0 Å². The molecule has 0 bridgehead atoms. The van der Waals surface area contributed by atoms with Gasteiger partial charge in [0.15, 0.2) is 0 Å². The SMILES string of the molecule is CC1CC(c2ccc(Br)c(F)c2)C(C)N1. The number of nitrogens with one attached hydrogen (secondary N) is 1. The molecule has 2 rings (SSSR count). The molecule has 1 aromatic rings. The zero-order chi connectivity index (χ0) is 11.0. The number of rotatable bonds is 1. The second-order valence-corrected chi connectivity index (χ2v) is 5.23. The maximum absolute atomic E-state index is 13.4. The summed E-state index contributed by atoms with van der Waals surface area (Å²) < 4.78 is 13.9. The van der Waals surface area contributed by atoms with Crippen molar-refractivity contribution < 1.29 is 4.39 Å². The molecular weight excluding hydrogens is 257 g/mol. The summed E-state index contributed by atoms with van der Waals surface area (Å²) in [6, 6.07) is 6.40. The van der Waals surface area contributed by atoms with Gasteiger partial charge in [0.1, 0.15) is 5.82 Å². The standard InChI is InChI=1S/C12H15BrFN/c1-7-5-10(8(2)15-7)9-3-4-11(13)12(14)6-9/h3-4,6-8,10,15H,5H2,1-2H3. The molecule has 1 N–H and O–H groups in total. The van der Waals surface area contributed by atoms with Crippen molar-refractivity contribution in [2.75, 3.05) is 0 Å². The minimum Gasteiger partial charge on any atom is -0.311 e. The summed E-state index contributed by atoms with van der Waals surface area (Å²) in [5, 5.41) is 3.47. The highest BCUT2D eigenvalue weighted by Gasteiger charge is 2.29. The van der Waals surface area contributed by atoms with Crippen molar-refractivity contribution >= 4 is 15.9 Å². The Balaban J connectivity index is 2.26. The lowest BCUT2D eigenvalue weighted by atomic mass is 9.92. The zero-order valence-electron chi connectivity index (χ0n) is 8.93. The van der Waals surface area contributed by atoms with Gasteiger partial charge in [-0.2, -0.15) is 0 Å². The Hall–Kier alpha value is -0.410. The first kappa shape index (κ1) is 11.1. The highest BCUT2D eigenvalue weighted by Crippen LogP contribution is 2.32. The smallest absolute Gasteiger partial charge is 0.137 e. The van der Waals surface area contributed by atoms with Crippen LogP contribution >= 0.6 is 15.9 Å². The first-order valence-electron chi connectivity index (χ1n) is 5.29. The largest absolute Gasteiger partial charge is 0.311 e. The summed E-state index contributed by atoms with van der Waals surface area (Å²) in [6.45, 7) is 4.33. The van der Waals surface area contributed by atoms with Crippen LogP contribution < -0.4 is 5.32 Å². The Morgan fingerprint density at radius 3 is 2.67 bits per heavy atom. The summed E-state index contributed by atoms with van der Waals surface area (Å²) >= 11 is 3.17. The van der Waals surface area contributed by atoms with Crippen LogP contribution in [-0.2, 0) is 0 Å². The minimum absolute atomic E-state index is 0.167. The fraction of sp³-hybridized carbons (Fsp3) is 0.500. The van der Waals surface area contributed by atoms with Gasteiger partial charge in [-0.25, -0.2) is 4.39 Å². The van der Waals surface area contributed by atoms with Crippen molar-refractivity contribution in [3.05, 3.63) is 34.1 Å². The lowest BCUT2D eigenvalue weighted by Gasteiger charge is -2.15. The van der Waals surface area contributed by atoms with E-state index in [0.29, 0.717) is 22.5 Å². The third-order valence-corrected chi connectivity index (χ3v) is 3.77. The average molecular weight is 272 g/mol. The number of halogens is 2. The molecular formula is C12H15BrFN. The summed E-state index contributed by atoms with van der Waals surface area (Å²) in [5.74, 6) is 0.266. The predicted molar refractivity (Wildman–Crippen MR) is 63.5 cm³/mol. The Morgan fingerprint density at radius 2 is 2.13 bits per heavy atom. The van der Waals surface area contributed by atoms with Crippen molar-refractivity contribution in [2.24, 2.45) is 0 Å². The highest BCUT2D eigenvalue weighted by atomic mass is 79.9.